The van der Waals surface area contributed by atoms with Crippen LogP contribution >= 0.6 is 0 Å². The number of aromatic nitrogens is 1. The van der Waals surface area contributed by atoms with E-state index in [1.165, 1.54) is 0 Å². The van der Waals surface area contributed by atoms with E-state index < -0.39 is 28.5 Å². The highest BCUT2D eigenvalue weighted by molar-refractivity contribution is 5.94. The van der Waals surface area contributed by atoms with E-state index in [4.69, 9.17) is 9.47 Å². The van der Waals surface area contributed by atoms with E-state index in [9.17, 15) is 19.5 Å². The van der Waals surface area contributed by atoms with Crippen molar-refractivity contribution in [3.63, 3.8) is 0 Å². The van der Waals surface area contributed by atoms with Crippen LogP contribution in [0.4, 0.5) is 0 Å². The molecule has 4 fully saturated rings. The van der Waals surface area contributed by atoms with E-state index in [1.807, 2.05) is 20.8 Å². The monoisotopic (exact) mass is 536 g/mol. The average molecular weight is 537 g/mol. The Bertz CT molecular complexity index is 1200. The van der Waals surface area contributed by atoms with Crippen molar-refractivity contribution < 1.29 is 29.0 Å². The highest BCUT2D eigenvalue weighted by Gasteiger charge is 2.84. The molecule has 1 N–H and O–H groups in total. The molecule has 1 aliphatic heterocycles. The summed E-state index contributed by atoms with van der Waals surface area (Å²) >= 11 is 0. The zero-order valence-corrected chi connectivity index (χ0v) is 23.3. The first-order valence-corrected chi connectivity index (χ1v) is 14.5. The standard InChI is InChI=1S/C31H40N2O6/c1-18(2)25-10-22-11-29(16-34)24-8-7-19(3)23(24)12-30(22,31(25,29)28(36)37)17-38-26-15-33(14-20(4)39-26)27(35)21-6-5-9-32-13-21/h5-6,9-10,13,16,18-20,22-24,26H,7-8,11-12,14-15,17H2,1-4H3,(H,36,37)/t19-,20-,22?,23?,24?,26-,29+,30?,31?/m1/s1. The Balaban J connectivity index is 1.34. The molecule has 9 atom stereocenters. The number of hydrogen-bond donors (Lipinski definition) is 1. The van der Waals surface area contributed by atoms with Crippen molar-refractivity contribution in [3.8, 4) is 0 Å². The lowest BCUT2D eigenvalue weighted by molar-refractivity contribution is -0.232. The van der Waals surface area contributed by atoms with E-state index in [1.54, 1.807) is 29.4 Å². The zero-order chi connectivity index (χ0) is 27.7. The quantitative estimate of drug-likeness (QED) is 0.411. The molecule has 1 aromatic rings. The highest BCUT2D eigenvalue weighted by Crippen LogP contribution is 2.82. The number of carbonyl (C=O) groups is 3. The van der Waals surface area contributed by atoms with Gasteiger partial charge in [-0.25, -0.2) is 0 Å². The second kappa shape index (κ2) is 9.23. The molecule has 1 amide bonds. The van der Waals surface area contributed by atoms with Crippen molar-refractivity contribution >= 4 is 18.2 Å². The number of carboxylic acids is 1. The molecule has 2 heterocycles. The number of morpholine rings is 1. The number of carboxylic acid groups (broad SMARTS) is 1. The van der Waals surface area contributed by atoms with Gasteiger partial charge >= 0.3 is 5.97 Å². The fourth-order valence-corrected chi connectivity index (χ4v) is 9.72. The molecule has 0 spiro atoms. The Labute approximate surface area is 230 Å². The van der Waals surface area contributed by atoms with Crippen molar-refractivity contribution in [2.75, 3.05) is 19.7 Å². The third kappa shape index (κ3) is 3.43. The molecule has 0 aromatic carbocycles. The van der Waals surface area contributed by atoms with Crippen LogP contribution in [0.1, 0.15) is 63.7 Å². The van der Waals surface area contributed by atoms with E-state index in [0.717, 1.165) is 31.1 Å². The summed E-state index contributed by atoms with van der Waals surface area (Å²) in [6, 6.07) is 3.49. The van der Waals surface area contributed by atoms with E-state index >= 15 is 0 Å². The minimum Gasteiger partial charge on any atom is -0.481 e. The molecular formula is C31H40N2O6. The maximum Gasteiger partial charge on any atom is 0.315 e. The molecule has 4 bridgehead atoms. The molecule has 0 radical (unpaired) electrons. The van der Waals surface area contributed by atoms with Gasteiger partial charge in [0.1, 0.15) is 11.7 Å². The first-order valence-electron chi connectivity index (χ1n) is 14.5. The zero-order valence-electron chi connectivity index (χ0n) is 23.3. The molecule has 5 unspecified atom stereocenters. The maximum atomic E-state index is 13.6. The summed E-state index contributed by atoms with van der Waals surface area (Å²) in [7, 11) is 0. The first kappa shape index (κ1) is 26.6. The number of aliphatic carboxylic acids is 1. The van der Waals surface area contributed by atoms with E-state index in [-0.39, 0.29) is 42.9 Å². The summed E-state index contributed by atoms with van der Waals surface area (Å²) < 4.78 is 12.7. The lowest BCUT2D eigenvalue weighted by Gasteiger charge is -2.58. The number of aldehydes is 1. The van der Waals surface area contributed by atoms with Gasteiger partial charge in [-0.2, -0.15) is 0 Å². The average Bonchev–Trinajstić information content (AvgIpc) is 3.49. The van der Waals surface area contributed by atoms with Crippen LogP contribution in [0.5, 0.6) is 0 Å². The Morgan fingerprint density at radius 2 is 2.05 bits per heavy atom. The molecule has 5 aliphatic rings. The van der Waals surface area contributed by atoms with Gasteiger partial charge in [0.25, 0.3) is 5.91 Å². The number of carbonyl (C=O) groups excluding carboxylic acids is 2. The molecule has 1 aromatic heterocycles. The van der Waals surface area contributed by atoms with Crippen LogP contribution in [-0.2, 0) is 19.1 Å². The molecule has 210 valence electrons. The van der Waals surface area contributed by atoms with Gasteiger partial charge < -0.3 is 24.3 Å². The number of amides is 1. The summed E-state index contributed by atoms with van der Waals surface area (Å²) in [6.45, 7) is 9.14. The fourth-order valence-electron chi connectivity index (χ4n) is 9.72. The molecule has 3 saturated carbocycles. The molecule has 39 heavy (non-hydrogen) atoms. The smallest absolute Gasteiger partial charge is 0.315 e. The number of pyridine rings is 1. The number of fused-ring (bicyclic) bond motifs is 2. The largest absolute Gasteiger partial charge is 0.481 e. The lowest BCUT2D eigenvalue weighted by atomic mass is 9.43. The SMILES string of the molecule is CC(C)C1=CC2C[C@]3(C=O)C4CC[C@@H](C)C4CC2(CO[C@H]2CN(C(=O)c4cccnc4)C[C@@H](C)O2)C13C(=O)O. The summed E-state index contributed by atoms with van der Waals surface area (Å²) in [5.41, 5.74) is -1.51. The third-order valence-corrected chi connectivity index (χ3v) is 11.1. The second-order valence-electron chi connectivity index (χ2n) is 13.1. The van der Waals surface area contributed by atoms with Gasteiger partial charge in [-0.1, -0.05) is 38.8 Å². The predicted octanol–water partition coefficient (Wildman–Crippen LogP) is 4.21. The van der Waals surface area contributed by atoms with Crippen LogP contribution in [0.25, 0.3) is 0 Å². The van der Waals surface area contributed by atoms with Gasteiger partial charge in [0.2, 0.25) is 0 Å². The van der Waals surface area contributed by atoms with Crippen LogP contribution in [0.3, 0.4) is 0 Å². The fraction of sp³-hybridized carbons (Fsp3) is 0.677. The van der Waals surface area contributed by atoms with Crippen LogP contribution < -0.4 is 0 Å². The van der Waals surface area contributed by atoms with E-state index in [0.29, 0.717) is 30.4 Å². The Hall–Kier alpha value is -2.58. The molecule has 6 rings (SSSR count). The van der Waals surface area contributed by atoms with Crippen molar-refractivity contribution in [2.24, 2.45) is 45.8 Å². The molecule has 8 heteroatoms. The normalized spacial score (nSPS) is 42.4. The number of rotatable bonds is 7. The molecule has 8 nitrogen and oxygen atoms in total. The van der Waals surface area contributed by atoms with Crippen LogP contribution in [0, 0.1) is 45.8 Å². The third-order valence-electron chi connectivity index (χ3n) is 11.1. The Kier molecular flexibility index (Phi) is 6.30. The number of ether oxygens (including phenoxy) is 2. The number of nitrogens with zero attached hydrogens (tertiary/aromatic N) is 2. The lowest BCUT2D eigenvalue weighted by Crippen LogP contribution is -2.64. The summed E-state index contributed by atoms with van der Waals surface area (Å²) in [4.78, 5) is 45.8. The first-order chi connectivity index (χ1) is 18.6. The van der Waals surface area contributed by atoms with Crippen molar-refractivity contribution in [3.05, 3.63) is 41.7 Å². The van der Waals surface area contributed by atoms with Crippen LogP contribution in [-0.4, -0.2) is 65.2 Å². The van der Waals surface area contributed by atoms with Crippen molar-refractivity contribution in [1.29, 1.82) is 0 Å². The highest BCUT2D eigenvalue weighted by atomic mass is 16.7. The van der Waals surface area contributed by atoms with Crippen molar-refractivity contribution in [1.82, 2.24) is 9.88 Å². The minimum absolute atomic E-state index is 0.0130. The molecule has 1 saturated heterocycles. The van der Waals surface area contributed by atoms with Gasteiger partial charge in [0.15, 0.2) is 6.29 Å². The van der Waals surface area contributed by atoms with Crippen LogP contribution in [0.2, 0.25) is 0 Å². The van der Waals surface area contributed by atoms with Gasteiger partial charge in [0.05, 0.1) is 30.2 Å². The number of allylic oxidation sites excluding steroid dienone is 1. The summed E-state index contributed by atoms with van der Waals surface area (Å²) in [5.74, 6) is -0.216. The van der Waals surface area contributed by atoms with Gasteiger partial charge in [0, 0.05) is 24.4 Å². The Morgan fingerprint density at radius 3 is 2.72 bits per heavy atom. The Morgan fingerprint density at radius 1 is 1.26 bits per heavy atom. The predicted molar refractivity (Wildman–Crippen MR) is 142 cm³/mol. The van der Waals surface area contributed by atoms with Gasteiger partial charge in [-0.05, 0) is 67.9 Å². The minimum atomic E-state index is -1.28. The summed E-state index contributed by atoms with van der Waals surface area (Å²) in [5, 5.41) is 11.1. The number of hydrogen-bond acceptors (Lipinski definition) is 6. The van der Waals surface area contributed by atoms with E-state index in [2.05, 4.69) is 18.0 Å². The second-order valence-corrected chi connectivity index (χ2v) is 13.1. The van der Waals surface area contributed by atoms with Gasteiger partial charge in [-0.3, -0.25) is 14.6 Å². The summed E-state index contributed by atoms with van der Waals surface area (Å²) in [6.07, 6.45) is 8.73. The van der Waals surface area contributed by atoms with Gasteiger partial charge in [-0.15, -0.1) is 0 Å². The topological polar surface area (TPSA) is 106 Å². The molecular weight excluding hydrogens is 496 g/mol. The molecule has 4 aliphatic carbocycles. The van der Waals surface area contributed by atoms with Crippen LogP contribution in [0.15, 0.2) is 36.2 Å². The van der Waals surface area contributed by atoms with Crippen molar-refractivity contribution in [2.45, 2.75) is 65.8 Å². The maximum absolute atomic E-state index is 13.6.